The molecular formula is C21H18ClN3O3S. The lowest BCUT2D eigenvalue weighted by Crippen LogP contribution is -2.03. The Kier molecular flexibility index (Phi) is 5.02. The Labute approximate surface area is 173 Å². The lowest BCUT2D eigenvalue weighted by Gasteiger charge is -2.01. The molecule has 0 spiro atoms. The molecule has 0 radical (unpaired) electrons. The van der Waals surface area contributed by atoms with Crippen molar-refractivity contribution in [3.8, 4) is 5.69 Å². The summed E-state index contributed by atoms with van der Waals surface area (Å²) in [6.07, 6.45) is 3.48. The van der Waals surface area contributed by atoms with Crippen molar-refractivity contribution in [3.05, 3.63) is 70.8 Å². The lowest BCUT2D eigenvalue weighted by molar-refractivity contribution is 0.589. The molecule has 0 amide bonds. The van der Waals surface area contributed by atoms with Crippen molar-refractivity contribution in [1.29, 1.82) is 0 Å². The topological polar surface area (TPSA) is 78.0 Å². The van der Waals surface area contributed by atoms with Crippen LogP contribution in [0.25, 0.3) is 28.9 Å². The number of sulfone groups is 1. The zero-order valence-corrected chi connectivity index (χ0v) is 17.4. The number of aryl methyl sites for hydroxylation is 1. The van der Waals surface area contributed by atoms with E-state index in [0.717, 1.165) is 16.9 Å². The molecule has 2 heterocycles. The van der Waals surface area contributed by atoms with Crippen molar-refractivity contribution in [3.63, 3.8) is 0 Å². The zero-order chi connectivity index (χ0) is 20.6. The van der Waals surface area contributed by atoms with Gasteiger partial charge in [0.05, 0.1) is 22.0 Å². The Morgan fingerprint density at radius 1 is 1.14 bits per heavy atom. The standard InChI is InChI=1S/C21H18ClN3O3S/c1-3-29(26,27)16-9-11-19-18(13-16)23-20(28-19)12-10-17-14(2)24-25(21(17)22)15-7-5-4-6-8-15/h4-13H,3H2,1-2H3/b12-10+. The van der Waals surface area contributed by atoms with E-state index in [1.165, 1.54) is 12.1 Å². The molecule has 0 bridgehead atoms. The van der Waals surface area contributed by atoms with Gasteiger partial charge in [-0.15, -0.1) is 0 Å². The zero-order valence-electron chi connectivity index (χ0n) is 15.8. The summed E-state index contributed by atoms with van der Waals surface area (Å²) < 4.78 is 31.5. The number of rotatable bonds is 5. The van der Waals surface area contributed by atoms with Crippen molar-refractivity contribution >= 4 is 44.7 Å². The van der Waals surface area contributed by atoms with Gasteiger partial charge in [-0.3, -0.25) is 0 Å². The Balaban J connectivity index is 1.68. The fraction of sp³-hybridized carbons (Fsp3) is 0.143. The first-order valence-corrected chi connectivity index (χ1v) is 11.0. The van der Waals surface area contributed by atoms with E-state index in [2.05, 4.69) is 10.1 Å². The second kappa shape index (κ2) is 7.50. The first-order valence-electron chi connectivity index (χ1n) is 9.01. The molecule has 0 fully saturated rings. The van der Waals surface area contributed by atoms with Crippen molar-refractivity contribution in [2.24, 2.45) is 0 Å². The molecule has 0 saturated carbocycles. The van der Waals surface area contributed by atoms with Crippen LogP contribution in [0.5, 0.6) is 0 Å². The predicted molar refractivity (Wildman–Crippen MR) is 114 cm³/mol. The highest BCUT2D eigenvalue weighted by Gasteiger charge is 2.15. The Hall–Kier alpha value is -2.90. The lowest BCUT2D eigenvalue weighted by atomic mass is 10.2. The van der Waals surface area contributed by atoms with Crippen LogP contribution in [0.15, 0.2) is 57.8 Å². The van der Waals surface area contributed by atoms with Gasteiger partial charge in [-0.1, -0.05) is 36.7 Å². The Bertz CT molecular complexity index is 1320. The maximum Gasteiger partial charge on any atom is 0.220 e. The molecule has 2 aromatic heterocycles. The van der Waals surface area contributed by atoms with Crippen molar-refractivity contribution in [2.45, 2.75) is 18.7 Å². The number of aromatic nitrogens is 3. The van der Waals surface area contributed by atoms with Gasteiger partial charge in [0.2, 0.25) is 5.89 Å². The fourth-order valence-corrected chi connectivity index (χ4v) is 4.19. The number of oxazole rings is 1. The minimum Gasteiger partial charge on any atom is -0.437 e. The van der Waals surface area contributed by atoms with Crippen molar-refractivity contribution < 1.29 is 12.8 Å². The van der Waals surface area contributed by atoms with Crippen LogP contribution in [0, 0.1) is 6.92 Å². The number of hydrogen-bond donors (Lipinski definition) is 0. The summed E-state index contributed by atoms with van der Waals surface area (Å²) in [4.78, 5) is 4.61. The van der Waals surface area contributed by atoms with Crippen LogP contribution in [-0.4, -0.2) is 28.9 Å². The molecule has 0 aliphatic carbocycles. The molecule has 4 aromatic rings. The van der Waals surface area contributed by atoms with Crippen LogP contribution in [0.4, 0.5) is 0 Å². The first-order chi connectivity index (χ1) is 13.9. The van der Waals surface area contributed by atoms with Gasteiger partial charge in [0.15, 0.2) is 15.4 Å². The molecule has 0 aliphatic rings. The van der Waals surface area contributed by atoms with Gasteiger partial charge in [0.1, 0.15) is 10.7 Å². The SMILES string of the molecule is CCS(=O)(=O)c1ccc2oc(/C=C/c3c(C)nn(-c4ccccc4)c3Cl)nc2c1. The smallest absolute Gasteiger partial charge is 0.220 e. The average molecular weight is 428 g/mol. The van der Waals surface area contributed by atoms with Crippen molar-refractivity contribution in [1.82, 2.24) is 14.8 Å². The molecule has 29 heavy (non-hydrogen) atoms. The second-order valence-corrected chi connectivity index (χ2v) is 9.09. The maximum atomic E-state index is 12.1. The second-order valence-electron chi connectivity index (χ2n) is 6.46. The third-order valence-electron chi connectivity index (χ3n) is 4.56. The van der Waals surface area contributed by atoms with Crippen LogP contribution in [-0.2, 0) is 9.84 Å². The quantitative estimate of drug-likeness (QED) is 0.450. The molecule has 148 valence electrons. The van der Waals surface area contributed by atoms with E-state index in [1.807, 2.05) is 37.3 Å². The molecule has 8 heteroatoms. The van der Waals surface area contributed by atoms with E-state index >= 15 is 0 Å². The van der Waals surface area contributed by atoms with Crippen molar-refractivity contribution in [2.75, 3.05) is 5.75 Å². The molecule has 4 rings (SSSR count). The highest BCUT2D eigenvalue weighted by Crippen LogP contribution is 2.26. The van der Waals surface area contributed by atoms with Gasteiger partial charge in [0.25, 0.3) is 0 Å². The number of nitrogens with zero attached hydrogens (tertiary/aromatic N) is 3. The molecule has 0 N–H and O–H groups in total. The molecule has 0 saturated heterocycles. The van der Waals surface area contributed by atoms with Gasteiger partial charge in [-0.05, 0) is 43.3 Å². The largest absolute Gasteiger partial charge is 0.437 e. The predicted octanol–water partition coefficient (Wildman–Crippen LogP) is 4.94. The molecule has 6 nitrogen and oxygen atoms in total. The van der Waals surface area contributed by atoms with E-state index in [1.54, 1.807) is 29.8 Å². The normalized spacial score (nSPS) is 12.2. The summed E-state index contributed by atoms with van der Waals surface area (Å²) in [5, 5.41) is 4.98. The van der Waals surface area contributed by atoms with Crippen LogP contribution >= 0.6 is 11.6 Å². The third kappa shape index (κ3) is 3.71. The maximum absolute atomic E-state index is 12.1. The van der Waals surface area contributed by atoms with Crippen LogP contribution < -0.4 is 0 Å². The van der Waals surface area contributed by atoms with Crippen LogP contribution in [0.3, 0.4) is 0 Å². The minimum atomic E-state index is -3.30. The van der Waals surface area contributed by atoms with Gasteiger partial charge in [-0.2, -0.15) is 5.10 Å². The van der Waals surface area contributed by atoms with Gasteiger partial charge >= 0.3 is 0 Å². The van der Waals surface area contributed by atoms with Gasteiger partial charge < -0.3 is 4.42 Å². The van der Waals surface area contributed by atoms with Crippen LogP contribution in [0.2, 0.25) is 5.15 Å². The minimum absolute atomic E-state index is 0.0340. The summed E-state index contributed by atoms with van der Waals surface area (Å²) >= 11 is 6.53. The van der Waals surface area contributed by atoms with Gasteiger partial charge in [-0.25, -0.2) is 18.1 Å². The van der Waals surface area contributed by atoms with E-state index in [9.17, 15) is 8.42 Å². The fourth-order valence-electron chi connectivity index (χ4n) is 2.95. The summed E-state index contributed by atoms with van der Waals surface area (Å²) in [6.45, 7) is 3.48. The molecule has 2 aromatic carbocycles. The van der Waals surface area contributed by atoms with E-state index < -0.39 is 9.84 Å². The number of benzene rings is 2. The molecule has 0 aliphatic heterocycles. The highest BCUT2D eigenvalue weighted by atomic mass is 35.5. The number of halogens is 1. The Morgan fingerprint density at radius 2 is 1.90 bits per heavy atom. The number of hydrogen-bond acceptors (Lipinski definition) is 5. The first kappa shape index (κ1) is 19.4. The van der Waals surface area contributed by atoms with E-state index in [0.29, 0.717) is 22.1 Å². The summed E-state index contributed by atoms with van der Waals surface area (Å²) in [6, 6.07) is 14.3. The summed E-state index contributed by atoms with van der Waals surface area (Å²) in [5.74, 6) is 0.390. The molecule has 0 unspecified atom stereocenters. The third-order valence-corrected chi connectivity index (χ3v) is 6.65. The Morgan fingerprint density at radius 3 is 2.62 bits per heavy atom. The number of fused-ring (bicyclic) bond motifs is 1. The average Bonchev–Trinajstić information content (AvgIpc) is 3.26. The summed E-state index contributed by atoms with van der Waals surface area (Å²) in [7, 11) is -3.30. The number of para-hydroxylation sites is 1. The van der Waals surface area contributed by atoms with E-state index in [4.69, 9.17) is 16.0 Å². The summed E-state index contributed by atoms with van der Waals surface area (Å²) in [5.41, 5.74) is 3.39. The van der Waals surface area contributed by atoms with Crippen LogP contribution in [0.1, 0.15) is 24.1 Å². The highest BCUT2D eigenvalue weighted by molar-refractivity contribution is 7.91. The van der Waals surface area contributed by atoms with E-state index in [-0.39, 0.29) is 10.6 Å². The molecular weight excluding hydrogens is 410 g/mol. The molecule has 0 atom stereocenters. The monoisotopic (exact) mass is 427 g/mol. The van der Waals surface area contributed by atoms with Gasteiger partial charge in [0, 0.05) is 11.6 Å².